The third-order valence-electron chi connectivity index (χ3n) is 7.58. The minimum Gasteiger partial charge on any atom is -0.379 e. The number of urea groups is 1. The van der Waals surface area contributed by atoms with Gasteiger partial charge in [-0.25, -0.2) is 10.2 Å². The molecule has 3 aromatic rings. The number of morpholine rings is 1. The first kappa shape index (κ1) is 26.9. The van der Waals surface area contributed by atoms with Gasteiger partial charge in [0, 0.05) is 45.7 Å². The van der Waals surface area contributed by atoms with E-state index in [0.29, 0.717) is 13.1 Å². The molecule has 0 radical (unpaired) electrons. The molecular formula is C32H39N5O2. The van der Waals surface area contributed by atoms with E-state index in [0.717, 1.165) is 50.7 Å². The van der Waals surface area contributed by atoms with Gasteiger partial charge in [0.2, 0.25) is 0 Å². The third-order valence-corrected chi connectivity index (χ3v) is 7.58. The van der Waals surface area contributed by atoms with E-state index in [1.54, 1.807) is 0 Å². The van der Waals surface area contributed by atoms with Gasteiger partial charge in [-0.15, -0.1) is 0 Å². The molecule has 0 aliphatic carbocycles. The molecule has 2 N–H and O–H groups in total. The minimum absolute atomic E-state index is 0.0221. The average Bonchev–Trinajstić information content (AvgIpc) is 3.36. The molecule has 1 atom stereocenters. The topological polar surface area (TPSA) is 60.1 Å². The molecule has 2 aliphatic rings. The summed E-state index contributed by atoms with van der Waals surface area (Å²) in [7, 11) is 1.94. The summed E-state index contributed by atoms with van der Waals surface area (Å²) < 4.78 is 5.52. The largest absolute Gasteiger partial charge is 0.379 e. The van der Waals surface area contributed by atoms with Crippen molar-refractivity contribution in [2.45, 2.75) is 18.4 Å². The van der Waals surface area contributed by atoms with E-state index >= 15 is 0 Å². The summed E-state index contributed by atoms with van der Waals surface area (Å²) in [5, 5.41) is 5.08. The molecule has 0 aromatic heterocycles. The molecule has 1 fully saturated rings. The van der Waals surface area contributed by atoms with Crippen LogP contribution < -0.4 is 10.7 Å². The second kappa shape index (κ2) is 13.4. The predicted molar refractivity (Wildman–Crippen MR) is 155 cm³/mol. The zero-order valence-electron chi connectivity index (χ0n) is 22.7. The maximum absolute atomic E-state index is 13.7. The summed E-state index contributed by atoms with van der Waals surface area (Å²) in [6.07, 6.45) is 2.91. The monoisotopic (exact) mass is 525 g/mol. The number of ether oxygens (including phenoxy) is 1. The first-order valence-corrected chi connectivity index (χ1v) is 13.9. The second-order valence-corrected chi connectivity index (χ2v) is 10.2. The number of hydrazine groups is 1. The van der Waals surface area contributed by atoms with Gasteiger partial charge in [0.1, 0.15) is 5.82 Å². The van der Waals surface area contributed by atoms with Gasteiger partial charge in [-0.1, -0.05) is 91.0 Å². The Morgan fingerprint density at radius 1 is 0.923 bits per heavy atom. The lowest BCUT2D eigenvalue weighted by Crippen LogP contribution is -2.48. The lowest BCUT2D eigenvalue weighted by Gasteiger charge is -2.31. The Labute approximate surface area is 232 Å². The Hall–Kier alpha value is -3.65. The Morgan fingerprint density at radius 2 is 1.51 bits per heavy atom. The number of nitrogens with zero attached hydrogens (tertiary/aromatic N) is 3. The number of nitrogens with one attached hydrogen (secondary N) is 2. The van der Waals surface area contributed by atoms with Crippen molar-refractivity contribution >= 4 is 6.03 Å². The van der Waals surface area contributed by atoms with E-state index in [-0.39, 0.29) is 18.0 Å². The van der Waals surface area contributed by atoms with Crippen molar-refractivity contribution in [3.05, 3.63) is 120 Å². The van der Waals surface area contributed by atoms with E-state index in [4.69, 9.17) is 4.74 Å². The van der Waals surface area contributed by atoms with Gasteiger partial charge in [0.05, 0.1) is 19.3 Å². The fourth-order valence-electron chi connectivity index (χ4n) is 5.31. The van der Waals surface area contributed by atoms with Crippen molar-refractivity contribution in [2.24, 2.45) is 0 Å². The lowest BCUT2D eigenvalue weighted by molar-refractivity contribution is 0.0348. The van der Waals surface area contributed by atoms with Crippen LogP contribution in [0.5, 0.6) is 0 Å². The van der Waals surface area contributed by atoms with Gasteiger partial charge < -0.3 is 9.64 Å². The van der Waals surface area contributed by atoms with Crippen LogP contribution in [-0.2, 0) is 4.74 Å². The SMILES string of the molecule is CN1NC(c2ccccc2)C=C1NC(=O)N(CCC(c1ccccc1)c1ccccc1)CCN1CCOCC1. The van der Waals surface area contributed by atoms with Gasteiger partial charge in [0.15, 0.2) is 0 Å². The van der Waals surface area contributed by atoms with Crippen LogP contribution in [0, 0.1) is 0 Å². The highest BCUT2D eigenvalue weighted by Gasteiger charge is 2.26. The van der Waals surface area contributed by atoms with Crippen LogP contribution in [0.2, 0.25) is 0 Å². The number of carbonyl (C=O) groups excluding carboxylic acids is 1. The maximum atomic E-state index is 13.7. The van der Waals surface area contributed by atoms with Crippen LogP contribution in [0.4, 0.5) is 4.79 Å². The molecule has 1 unspecified atom stereocenters. The Morgan fingerprint density at radius 3 is 2.13 bits per heavy atom. The molecule has 0 spiro atoms. The molecule has 204 valence electrons. The quantitative estimate of drug-likeness (QED) is 0.406. The zero-order chi connectivity index (χ0) is 26.9. The van der Waals surface area contributed by atoms with Crippen LogP contribution in [-0.4, -0.2) is 73.8 Å². The normalized spacial score (nSPS) is 17.7. The van der Waals surface area contributed by atoms with Crippen LogP contribution in [0.3, 0.4) is 0 Å². The first-order valence-electron chi connectivity index (χ1n) is 13.9. The molecule has 7 nitrogen and oxygen atoms in total. The summed E-state index contributed by atoms with van der Waals surface area (Å²) in [5.74, 6) is 0.983. The number of hydrogen-bond donors (Lipinski definition) is 2. The Kier molecular flexibility index (Phi) is 9.27. The van der Waals surface area contributed by atoms with Crippen LogP contribution in [0.25, 0.3) is 0 Å². The maximum Gasteiger partial charge on any atom is 0.323 e. The standard InChI is InChI=1S/C32H39N5O2/c1-35-31(25-30(34-35)28-15-9-4-10-16-28)33-32(38)37(20-19-36-21-23-39-24-22-36)18-17-29(26-11-5-2-6-12-26)27-13-7-3-8-14-27/h2-16,25,29-30,34H,17-24H2,1H3,(H,33,38). The van der Waals surface area contributed by atoms with E-state index in [9.17, 15) is 4.79 Å². The zero-order valence-corrected chi connectivity index (χ0v) is 22.7. The summed E-state index contributed by atoms with van der Waals surface area (Å²) in [6, 6.07) is 31.4. The number of amides is 2. The highest BCUT2D eigenvalue weighted by Crippen LogP contribution is 2.28. The molecule has 2 amide bonds. The van der Waals surface area contributed by atoms with Crippen LogP contribution in [0.1, 0.15) is 35.1 Å². The molecule has 39 heavy (non-hydrogen) atoms. The highest BCUT2D eigenvalue weighted by atomic mass is 16.5. The van der Waals surface area contributed by atoms with E-state index in [1.165, 1.54) is 11.1 Å². The van der Waals surface area contributed by atoms with Crippen molar-refractivity contribution in [1.29, 1.82) is 0 Å². The van der Waals surface area contributed by atoms with Crippen molar-refractivity contribution in [1.82, 2.24) is 25.6 Å². The molecule has 0 bridgehead atoms. The van der Waals surface area contributed by atoms with Crippen molar-refractivity contribution in [2.75, 3.05) is 53.0 Å². The van der Waals surface area contributed by atoms with Gasteiger partial charge in [-0.2, -0.15) is 0 Å². The van der Waals surface area contributed by atoms with Crippen LogP contribution in [0.15, 0.2) is 103 Å². The molecule has 1 saturated heterocycles. The summed E-state index contributed by atoms with van der Waals surface area (Å²) in [6.45, 7) is 5.45. The van der Waals surface area contributed by atoms with Gasteiger partial charge in [-0.05, 0) is 29.2 Å². The molecular weight excluding hydrogens is 486 g/mol. The number of benzene rings is 3. The second-order valence-electron chi connectivity index (χ2n) is 10.2. The first-order chi connectivity index (χ1) is 19.2. The van der Waals surface area contributed by atoms with E-state index < -0.39 is 0 Å². The van der Waals surface area contributed by atoms with Gasteiger partial charge in [0.25, 0.3) is 0 Å². The molecule has 2 aliphatic heterocycles. The highest BCUT2D eigenvalue weighted by molar-refractivity contribution is 5.76. The van der Waals surface area contributed by atoms with E-state index in [1.807, 2.05) is 35.2 Å². The number of hydrogen-bond acceptors (Lipinski definition) is 5. The summed E-state index contributed by atoms with van der Waals surface area (Å²) in [5.41, 5.74) is 7.12. The number of carbonyl (C=O) groups is 1. The molecule has 5 rings (SSSR count). The minimum atomic E-state index is -0.0725. The van der Waals surface area contributed by atoms with Crippen LogP contribution >= 0.6 is 0 Å². The fraction of sp³-hybridized carbons (Fsp3) is 0.344. The van der Waals surface area contributed by atoms with Crippen molar-refractivity contribution < 1.29 is 9.53 Å². The number of rotatable bonds is 10. The third kappa shape index (κ3) is 7.26. The Bertz CT molecular complexity index is 1160. The summed E-state index contributed by atoms with van der Waals surface area (Å²) >= 11 is 0. The summed E-state index contributed by atoms with van der Waals surface area (Å²) in [4.78, 5) is 18.1. The molecule has 2 heterocycles. The van der Waals surface area contributed by atoms with Gasteiger partial charge in [-0.3, -0.25) is 15.2 Å². The average molecular weight is 526 g/mol. The smallest absolute Gasteiger partial charge is 0.323 e. The van der Waals surface area contributed by atoms with Gasteiger partial charge >= 0.3 is 6.03 Å². The Balaban J connectivity index is 1.30. The van der Waals surface area contributed by atoms with Crippen molar-refractivity contribution in [3.63, 3.8) is 0 Å². The van der Waals surface area contributed by atoms with E-state index in [2.05, 4.69) is 94.5 Å². The lowest BCUT2D eigenvalue weighted by atomic mass is 9.88. The molecule has 3 aromatic carbocycles. The predicted octanol–water partition coefficient (Wildman–Crippen LogP) is 4.59. The van der Waals surface area contributed by atoms with Crippen molar-refractivity contribution in [3.8, 4) is 0 Å². The molecule has 7 heteroatoms. The molecule has 0 saturated carbocycles. The fourth-order valence-corrected chi connectivity index (χ4v) is 5.31.